The Hall–Kier alpha value is -1.35. The quantitative estimate of drug-likeness (QED) is 0.742. The fourth-order valence-electron chi connectivity index (χ4n) is 1.23. The van der Waals surface area contributed by atoms with Crippen LogP contribution in [-0.2, 0) is 11.2 Å². The second kappa shape index (κ2) is 5.40. The summed E-state index contributed by atoms with van der Waals surface area (Å²) in [6.07, 6.45) is 1.95. The lowest BCUT2D eigenvalue weighted by Crippen LogP contribution is -2.03. The van der Waals surface area contributed by atoms with E-state index in [1.54, 1.807) is 12.1 Å². The topological polar surface area (TPSA) is 57.5 Å². The van der Waals surface area contributed by atoms with Gasteiger partial charge in [0, 0.05) is 6.42 Å². The van der Waals surface area contributed by atoms with Crippen molar-refractivity contribution in [1.82, 2.24) is 0 Å². The molecular weight excluding hydrogens is 180 g/mol. The third-order valence-electron chi connectivity index (χ3n) is 2.03. The zero-order chi connectivity index (χ0) is 10.4. The minimum absolute atomic E-state index is 0.122. The lowest BCUT2D eigenvalue weighted by atomic mass is 10.1. The number of carbonyl (C=O) groups is 1. The van der Waals surface area contributed by atoms with Crippen LogP contribution < -0.4 is 0 Å². The van der Waals surface area contributed by atoms with Crippen LogP contribution in [0, 0.1) is 0 Å². The summed E-state index contributed by atoms with van der Waals surface area (Å²) >= 11 is 0. The first-order chi connectivity index (χ1) is 6.72. The third-order valence-corrected chi connectivity index (χ3v) is 2.03. The second-order valence-corrected chi connectivity index (χ2v) is 3.22. The molecule has 14 heavy (non-hydrogen) atoms. The van der Waals surface area contributed by atoms with Gasteiger partial charge in [-0.25, -0.2) is 0 Å². The highest BCUT2D eigenvalue weighted by Gasteiger charge is 1.99. The Bertz CT molecular complexity index is 290. The van der Waals surface area contributed by atoms with E-state index in [1.807, 2.05) is 12.1 Å². The predicted octanol–water partition coefficient (Wildman–Crippen LogP) is 1.28. The van der Waals surface area contributed by atoms with Crippen molar-refractivity contribution >= 4 is 5.78 Å². The summed E-state index contributed by atoms with van der Waals surface area (Å²) < 4.78 is 0. The van der Waals surface area contributed by atoms with E-state index < -0.39 is 0 Å². The molecule has 0 aliphatic heterocycles. The Morgan fingerprint density at radius 2 is 1.86 bits per heavy atom. The van der Waals surface area contributed by atoms with Crippen LogP contribution >= 0.6 is 0 Å². The van der Waals surface area contributed by atoms with Gasteiger partial charge in [0.25, 0.3) is 0 Å². The van der Waals surface area contributed by atoms with Crippen molar-refractivity contribution in [2.75, 3.05) is 6.61 Å². The highest BCUT2D eigenvalue weighted by Crippen LogP contribution is 2.11. The van der Waals surface area contributed by atoms with Crippen molar-refractivity contribution in [3.63, 3.8) is 0 Å². The monoisotopic (exact) mass is 194 g/mol. The van der Waals surface area contributed by atoms with Gasteiger partial charge < -0.3 is 10.2 Å². The van der Waals surface area contributed by atoms with E-state index in [9.17, 15) is 4.79 Å². The molecule has 1 aromatic carbocycles. The van der Waals surface area contributed by atoms with E-state index in [2.05, 4.69) is 0 Å². The number of phenolic OH excluding ortho intramolecular Hbond substituents is 1. The Labute approximate surface area is 83.0 Å². The lowest BCUT2D eigenvalue weighted by molar-refractivity contribution is -0.121. The number of aryl methyl sites for hydroxylation is 1. The maximum atomic E-state index is 10.8. The number of Topliss-reactive ketones (excluding diaryl/α,β-unsaturated/α-hetero) is 1. The lowest BCUT2D eigenvalue weighted by Gasteiger charge is -2.00. The van der Waals surface area contributed by atoms with Crippen molar-refractivity contribution in [2.45, 2.75) is 19.3 Å². The Kier molecular flexibility index (Phi) is 4.13. The number of carbonyl (C=O) groups excluding carboxylic acids is 1. The Balaban J connectivity index is 2.31. The second-order valence-electron chi connectivity index (χ2n) is 3.22. The summed E-state index contributed by atoms with van der Waals surface area (Å²) in [4.78, 5) is 10.8. The first kappa shape index (κ1) is 10.7. The molecule has 0 amide bonds. The van der Waals surface area contributed by atoms with E-state index in [4.69, 9.17) is 10.2 Å². The van der Waals surface area contributed by atoms with E-state index >= 15 is 0 Å². The number of aromatic hydroxyl groups is 1. The molecule has 3 heteroatoms. The van der Waals surface area contributed by atoms with Crippen molar-refractivity contribution in [3.8, 4) is 5.75 Å². The van der Waals surface area contributed by atoms with Crippen LogP contribution in [0.25, 0.3) is 0 Å². The van der Waals surface area contributed by atoms with E-state index in [0.717, 1.165) is 18.4 Å². The summed E-state index contributed by atoms with van der Waals surface area (Å²) in [5.74, 6) is 0.129. The highest BCUT2D eigenvalue weighted by molar-refractivity contribution is 5.79. The average molecular weight is 194 g/mol. The zero-order valence-corrected chi connectivity index (χ0v) is 7.94. The molecule has 0 heterocycles. The maximum Gasteiger partial charge on any atom is 0.158 e. The third kappa shape index (κ3) is 3.58. The number of rotatable bonds is 5. The van der Waals surface area contributed by atoms with Crippen molar-refractivity contribution < 1.29 is 15.0 Å². The van der Waals surface area contributed by atoms with Crippen LogP contribution in [0.4, 0.5) is 0 Å². The molecule has 0 saturated heterocycles. The van der Waals surface area contributed by atoms with Gasteiger partial charge in [0.05, 0.1) is 0 Å². The summed E-state index contributed by atoms with van der Waals surface area (Å²) in [6.45, 7) is -0.365. The van der Waals surface area contributed by atoms with E-state index in [-0.39, 0.29) is 18.1 Å². The van der Waals surface area contributed by atoms with Crippen LogP contribution in [-0.4, -0.2) is 22.6 Å². The first-order valence-electron chi connectivity index (χ1n) is 4.63. The van der Waals surface area contributed by atoms with Gasteiger partial charge in [-0.2, -0.15) is 0 Å². The summed E-state index contributed by atoms with van der Waals surface area (Å²) in [7, 11) is 0. The van der Waals surface area contributed by atoms with Crippen LogP contribution in [0.2, 0.25) is 0 Å². The van der Waals surface area contributed by atoms with Crippen LogP contribution in [0.5, 0.6) is 5.75 Å². The number of hydrogen-bond donors (Lipinski definition) is 2. The number of benzene rings is 1. The maximum absolute atomic E-state index is 10.8. The van der Waals surface area contributed by atoms with E-state index in [1.165, 1.54) is 0 Å². The van der Waals surface area contributed by atoms with Crippen molar-refractivity contribution in [3.05, 3.63) is 29.8 Å². The molecule has 3 nitrogen and oxygen atoms in total. The summed E-state index contributed by atoms with van der Waals surface area (Å²) in [5, 5.41) is 17.5. The smallest absolute Gasteiger partial charge is 0.158 e. The standard InChI is InChI=1S/C11H14O3/c12-8-11(14)3-1-2-9-4-6-10(13)7-5-9/h4-7,12-13H,1-3,8H2. The van der Waals surface area contributed by atoms with Crippen molar-refractivity contribution in [1.29, 1.82) is 0 Å². The fourth-order valence-corrected chi connectivity index (χ4v) is 1.23. The number of phenols is 1. The number of ketones is 1. The Morgan fingerprint density at radius 3 is 2.43 bits per heavy atom. The van der Waals surface area contributed by atoms with Gasteiger partial charge in [0.2, 0.25) is 0 Å². The van der Waals surface area contributed by atoms with Gasteiger partial charge in [-0.1, -0.05) is 12.1 Å². The number of aliphatic hydroxyl groups is 1. The molecule has 0 fully saturated rings. The number of hydrogen-bond acceptors (Lipinski definition) is 3. The van der Waals surface area contributed by atoms with Gasteiger partial charge in [-0.05, 0) is 30.5 Å². The first-order valence-corrected chi connectivity index (χ1v) is 4.63. The minimum Gasteiger partial charge on any atom is -0.508 e. The minimum atomic E-state index is -0.365. The summed E-state index contributed by atoms with van der Waals surface area (Å²) in [6, 6.07) is 6.92. The molecule has 0 saturated carbocycles. The molecule has 1 rings (SSSR count). The molecule has 1 aromatic rings. The highest BCUT2D eigenvalue weighted by atomic mass is 16.3. The molecule has 0 radical (unpaired) electrons. The van der Waals surface area contributed by atoms with Gasteiger partial charge in [0.15, 0.2) is 5.78 Å². The van der Waals surface area contributed by atoms with Crippen LogP contribution in [0.15, 0.2) is 24.3 Å². The molecule has 0 unspecified atom stereocenters. The van der Waals surface area contributed by atoms with Gasteiger partial charge in [0.1, 0.15) is 12.4 Å². The molecule has 0 aliphatic carbocycles. The van der Waals surface area contributed by atoms with Gasteiger partial charge in [-0.15, -0.1) is 0 Å². The van der Waals surface area contributed by atoms with Crippen molar-refractivity contribution in [2.24, 2.45) is 0 Å². The molecule has 0 aliphatic rings. The fraction of sp³-hybridized carbons (Fsp3) is 0.364. The number of aliphatic hydroxyl groups excluding tert-OH is 1. The van der Waals surface area contributed by atoms with Crippen LogP contribution in [0.3, 0.4) is 0 Å². The molecule has 0 atom stereocenters. The Morgan fingerprint density at radius 1 is 1.21 bits per heavy atom. The molecular formula is C11H14O3. The molecule has 0 aromatic heterocycles. The average Bonchev–Trinajstić information content (AvgIpc) is 2.21. The van der Waals surface area contributed by atoms with Crippen LogP contribution in [0.1, 0.15) is 18.4 Å². The normalized spacial score (nSPS) is 10.1. The predicted molar refractivity (Wildman–Crippen MR) is 53.1 cm³/mol. The molecule has 0 bridgehead atoms. The molecule has 0 spiro atoms. The molecule has 2 N–H and O–H groups in total. The largest absolute Gasteiger partial charge is 0.508 e. The molecule has 76 valence electrons. The summed E-state index contributed by atoms with van der Waals surface area (Å²) in [5.41, 5.74) is 1.09. The van der Waals surface area contributed by atoms with E-state index in [0.29, 0.717) is 6.42 Å². The zero-order valence-electron chi connectivity index (χ0n) is 7.94. The van der Waals surface area contributed by atoms with Gasteiger partial charge in [-0.3, -0.25) is 4.79 Å². The SMILES string of the molecule is O=C(CO)CCCc1ccc(O)cc1. The van der Waals surface area contributed by atoms with Gasteiger partial charge >= 0.3 is 0 Å².